The zero-order valence-electron chi connectivity index (χ0n) is 8.25. The first-order chi connectivity index (χ1) is 6.99. The molecule has 0 aliphatic carbocycles. The zero-order chi connectivity index (χ0) is 11.6. The molecule has 15 heavy (non-hydrogen) atoms. The Morgan fingerprint density at radius 2 is 2.20 bits per heavy atom. The summed E-state index contributed by atoms with van der Waals surface area (Å²) < 4.78 is 30.2. The second kappa shape index (κ2) is 4.20. The van der Waals surface area contributed by atoms with Gasteiger partial charge in [-0.25, -0.2) is 8.78 Å². The summed E-state index contributed by atoms with van der Waals surface area (Å²) in [4.78, 5) is 14.7. The third-order valence-electron chi connectivity index (χ3n) is 1.94. The molecule has 6 heteroatoms. The van der Waals surface area contributed by atoms with E-state index in [2.05, 4.69) is 4.98 Å². The predicted molar refractivity (Wildman–Crippen MR) is 49.0 cm³/mol. The van der Waals surface area contributed by atoms with Crippen LogP contribution < -0.4 is 10.5 Å². The van der Waals surface area contributed by atoms with Crippen LogP contribution in [0.4, 0.5) is 8.78 Å². The molecular formula is C9H10F2N2O2. The fourth-order valence-electron chi connectivity index (χ4n) is 1.28. The van der Waals surface area contributed by atoms with Crippen molar-refractivity contribution < 1.29 is 18.3 Å². The van der Waals surface area contributed by atoms with Gasteiger partial charge in [0.2, 0.25) is 0 Å². The van der Waals surface area contributed by atoms with E-state index < -0.39 is 17.9 Å². The molecule has 1 rings (SSSR count). The van der Waals surface area contributed by atoms with Crippen LogP contribution in [0.5, 0.6) is 5.75 Å². The molecule has 1 amide bonds. The number of carbonyl (C=O) groups is 1. The lowest BCUT2D eigenvalue weighted by Gasteiger charge is -2.12. The summed E-state index contributed by atoms with van der Waals surface area (Å²) in [6.45, 7) is 1.51. The first-order valence-electron chi connectivity index (χ1n) is 4.10. The van der Waals surface area contributed by atoms with Crippen LogP contribution in [0, 0.1) is 6.92 Å². The Kier molecular flexibility index (Phi) is 3.18. The van der Waals surface area contributed by atoms with Crippen LogP contribution in [-0.2, 0) is 0 Å². The molecule has 1 heterocycles. The van der Waals surface area contributed by atoms with Crippen LogP contribution in [0.3, 0.4) is 0 Å². The maximum absolute atomic E-state index is 12.7. The molecule has 0 atom stereocenters. The van der Waals surface area contributed by atoms with Gasteiger partial charge in [0.25, 0.3) is 12.3 Å². The van der Waals surface area contributed by atoms with Gasteiger partial charge in [-0.15, -0.1) is 0 Å². The van der Waals surface area contributed by atoms with Crippen molar-refractivity contribution in [2.24, 2.45) is 5.73 Å². The van der Waals surface area contributed by atoms with Crippen LogP contribution in [0.1, 0.15) is 28.0 Å². The van der Waals surface area contributed by atoms with Crippen LogP contribution >= 0.6 is 0 Å². The number of amides is 1. The molecule has 1 aromatic rings. The minimum Gasteiger partial charge on any atom is -0.494 e. The van der Waals surface area contributed by atoms with Gasteiger partial charge in [-0.3, -0.25) is 9.78 Å². The maximum atomic E-state index is 12.7. The highest BCUT2D eigenvalue weighted by molar-refractivity contribution is 5.94. The highest BCUT2D eigenvalue weighted by Crippen LogP contribution is 2.33. The van der Waals surface area contributed by atoms with Crippen LogP contribution in [0.2, 0.25) is 0 Å². The zero-order valence-corrected chi connectivity index (χ0v) is 8.25. The lowest BCUT2D eigenvalue weighted by molar-refractivity contribution is 0.0983. The largest absolute Gasteiger partial charge is 0.494 e. The standard InChI is InChI=1S/C9H10F2N2O2/c1-4-7(15-2)6(8(10)11)5(3-13-4)9(12)14/h3,8H,1-2H3,(H2,12,14). The number of methoxy groups -OCH3 is 1. The summed E-state index contributed by atoms with van der Waals surface area (Å²) in [5.41, 5.74) is 4.43. The lowest BCUT2D eigenvalue weighted by Crippen LogP contribution is -2.16. The van der Waals surface area contributed by atoms with Gasteiger partial charge in [0.05, 0.1) is 23.9 Å². The monoisotopic (exact) mass is 216 g/mol. The molecular weight excluding hydrogens is 206 g/mol. The molecule has 0 radical (unpaired) electrons. The molecule has 0 aliphatic heterocycles. The highest BCUT2D eigenvalue weighted by Gasteiger charge is 2.23. The molecule has 0 unspecified atom stereocenters. The van der Waals surface area contributed by atoms with Gasteiger partial charge < -0.3 is 10.5 Å². The average molecular weight is 216 g/mol. The number of hydrogen-bond donors (Lipinski definition) is 1. The number of alkyl halides is 2. The number of aromatic nitrogens is 1. The third-order valence-corrected chi connectivity index (χ3v) is 1.94. The number of rotatable bonds is 3. The Bertz CT molecular complexity index is 394. The van der Waals surface area contributed by atoms with Crippen LogP contribution in [-0.4, -0.2) is 18.0 Å². The predicted octanol–water partition coefficient (Wildman–Crippen LogP) is 1.44. The summed E-state index contributed by atoms with van der Waals surface area (Å²) in [6, 6.07) is 0. The summed E-state index contributed by atoms with van der Waals surface area (Å²) in [5.74, 6) is -1.04. The van der Waals surface area contributed by atoms with E-state index in [1.165, 1.54) is 14.0 Å². The Morgan fingerprint density at radius 3 is 2.60 bits per heavy atom. The van der Waals surface area contributed by atoms with E-state index >= 15 is 0 Å². The van der Waals surface area contributed by atoms with E-state index in [1.807, 2.05) is 0 Å². The van der Waals surface area contributed by atoms with Crippen molar-refractivity contribution in [3.05, 3.63) is 23.0 Å². The number of nitrogens with zero attached hydrogens (tertiary/aromatic N) is 1. The topological polar surface area (TPSA) is 65.2 Å². The van der Waals surface area contributed by atoms with Gasteiger partial charge >= 0.3 is 0 Å². The number of aryl methyl sites for hydroxylation is 1. The second-order valence-electron chi connectivity index (χ2n) is 2.87. The molecule has 2 N–H and O–H groups in total. The minimum absolute atomic E-state index is 0.0960. The summed E-state index contributed by atoms with van der Waals surface area (Å²) >= 11 is 0. The quantitative estimate of drug-likeness (QED) is 0.831. The van der Waals surface area contributed by atoms with Crippen molar-refractivity contribution in [2.45, 2.75) is 13.3 Å². The fourth-order valence-corrected chi connectivity index (χ4v) is 1.28. The molecule has 0 aromatic carbocycles. The van der Waals surface area contributed by atoms with Crippen LogP contribution in [0.25, 0.3) is 0 Å². The van der Waals surface area contributed by atoms with Gasteiger partial charge in [-0.2, -0.15) is 0 Å². The van der Waals surface area contributed by atoms with E-state index in [0.717, 1.165) is 6.20 Å². The summed E-state index contributed by atoms with van der Waals surface area (Å²) in [5, 5.41) is 0. The number of ether oxygens (including phenoxy) is 1. The van der Waals surface area contributed by atoms with Gasteiger partial charge in [0.15, 0.2) is 0 Å². The molecule has 0 fully saturated rings. The summed E-state index contributed by atoms with van der Waals surface area (Å²) in [7, 11) is 1.24. The van der Waals surface area contributed by atoms with Crippen molar-refractivity contribution in [2.75, 3.05) is 7.11 Å². The fraction of sp³-hybridized carbons (Fsp3) is 0.333. The minimum atomic E-state index is -2.83. The number of pyridine rings is 1. The lowest BCUT2D eigenvalue weighted by atomic mass is 10.1. The molecule has 0 bridgehead atoms. The second-order valence-corrected chi connectivity index (χ2v) is 2.87. The SMILES string of the molecule is COc1c(C)ncc(C(N)=O)c1C(F)F. The first kappa shape index (κ1) is 11.4. The Hall–Kier alpha value is -1.72. The van der Waals surface area contributed by atoms with Gasteiger partial charge in [-0.05, 0) is 6.92 Å². The van der Waals surface area contributed by atoms with E-state index in [9.17, 15) is 13.6 Å². The van der Waals surface area contributed by atoms with Crippen molar-refractivity contribution in [3.63, 3.8) is 0 Å². The third kappa shape index (κ3) is 2.03. The van der Waals surface area contributed by atoms with Gasteiger partial charge in [0.1, 0.15) is 5.75 Å². The number of halogens is 2. The first-order valence-corrected chi connectivity index (χ1v) is 4.10. The van der Waals surface area contributed by atoms with E-state index in [-0.39, 0.29) is 17.0 Å². The van der Waals surface area contributed by atoms with Crippen molar-refractivity contribution in [1.29, 1.82) is 0 Å². The Labute approximate surface area is 85.1 Å². The van der Waals surface area contributed by atoms with E-state index in [1.54, 1.807) is 0 Å². The number of primary amides is 1. The maximum Gasteiger partial charge on any atom is 0.268 e. The number of nitrogens with two attached hydrogens (primary N) is 1. The van der Waals surface area contributed by atoms with Crippen molar-refractivity contribution >= 4 is 5.91 Å². The summed E-state index contributed by atoms with van der Waals surface area (Å²) in [6.07, 6.45) is -1.80. The average Bonchev–Trinajstić information content (AvgIpc) is 2.16. The molecule has 0 aliphatic rings. The van der Waals surface area contributed by atoms with Crippen LogP contribution in [0.15, 0.2) is 6.20 Å². The highest BCUT2D eigenvalue weighted by atomic mass is 19.3. The van der Waals surface area contributed by atoms with Gasteiger partial charge in [-0.1, -0.05) is 0 Å². The number of carbonyl (C=O) groups excluding carboxylic acids is 1. The normalized spacial score (nSPS) is 10.5. The smallest absolute Gasteiger partial charge is 0.268 e. The van der Waals surface area contributed by atoms with Gasteiger partial charge in [0, 0.05) is 6.20 Å². The molecule has 1 aromatic heterocycles. The molecule has 82 valence electrons. The molecule has 0 saturated heterocycles. The molecule has 0 spiro atoms. The Morgan fingerprint density at radius 1 is 1.60 bits per heavy atom. The van der Waals surface area contributed by atoms with E-state index in [0.29, 0.717) is 0 Å². The number of hydrogen-bond acceptors (Lipinski definition) is 3. The molecule has 4 nitrogen and oxygen atoms in total. The molecule has 0 saturated carbocycles. The van der Waals surface area contributed by atoms with Crippen molar-refractivity contribution in [3.8, 4) is 5.75 Å². The van der Waals surface area contributed by atoms with Crippen molar-refractivity contribution in [1.82, 2.24) is 4.98 Å². The Balaban J connectivity index is 3.49. The van der Waals surface area contributed by atoms with E-state index in [4.69, 9.17) is 10.5 Å².